The number of benzene rings is 1. The van der Waals surface area contributed by atoms with E-state index in [9.17, 15) is 0 Å². The van der Waals surface area contributed by atoms with E-state index in [0.717, 1.165) is 23.7 Å². The summed E-state index contributed by atoms with van der Waals surface area (Å²) >= 11 is 5.02. The summed E-state index contributed by atoms with van der Waals surface area (Å²) in [6.07, 6.45) is 3.74. The number of thiocarbonyl (C=S) groups is 1. The summed E-state index contributed by atoms with van der Waals surface area (Å²) in [5, 5.41) is 3.40. The third kappa shape index (κ3) is 5.18. The Hall–Kier alpha value is -1.09. The van der Waals surface area contributed by atoms with Crippen LogP contribution in [0, 0.1) is 5.92 Å². The van der Waals surface area contributed by atoms with Gasteiger partial charge < -0.3 is 11.1 Å². The van der Waals surface area contributed by atoms with E-state index in [1.807, 2.05) is 24.3 Å². The van der Waals surface area contributed by atoms with Crippen LogP contribution in [-0.4, -0.2) is 11.5 Å². The van der Waals surface area contributed by atoms with Gasteiger partial charge in [0.2, 0.25) is 0 Å². The molecule has 0 saturated heterocycles. The Morgan fingerprint density at radius 2 is 2.00 bits per heavy atom. The highest BCUT2D eigenvalue weighted by Gasteiger charge is 2.02. The summed E-state index contributed by atoms with van der Waals surface area (Å²) in [5.41, 5.74) is 7.66. The van der Waals surface area contributed by atoms with Crippen LogP contribution in [0.3, 0.4) is 0 Å². The minimum Gasteiger partial charge on any atom is -0.389 e. The molecule has 0 spiro atoms. The monoisotopic (exact) mass is 250 g/mol. The first-order chi connectivity index (χ1) is 8.11. The fourth-order valence-electron chi connectivity index (χ4n) is 1.75. The van der Waals surface area contributed by atoms with E-state index in [2.05, 4.69) is 19.2 Å². The minimum absolute atomic E-state index is 0.454. The molecule has 1 aromatic rings. The molecule has 1 rings (SSSR count). The van der Waals surface area contributed by atoms with Crippen LogP contribution in [0.25, 0.3) is 0 Å². The quantitative estimate of drug-likeness (QED) is 0.574. The first-order valence-electron chi connectivity index (χ1n) is 6.24. The van der Waals surface area contributed by atoms with Crippen LogP contribution in [0.5, 0.6) is 0 Å². The van der Waals surface area contributed by atoms with Crippen molar-refractivity contribution in [3.8, 4) is 0 Å². The highest BCUT2D eigenvalue weighted by Crippen LogP contribution is 2.15. The molecule has 0 fully saturated rings. The molecule has 0 heterocycles. The zero-order valence-corrected chi connectivity index (χ0v) is 11.5. The maximum atomic E-state index is 5.68. The number of nitrogens with one attached hydrogen (secondary N) is 1. The zero-order chi connectivity index (χ0) is 12.7. The summed E-state index contributed by atoms with van der Waals surface area (Å²) < 4.78 is 0. The van der Waals surface area contributed by atoms with Gasteiger partial charge in [-0.25, -0.2) is 0 Å². The van der Waals surface area contributed by atoms with Crippen LogP contribution in [-0.2, 0) is 0 Å². The van der Waals surface area contributed by atoms with Crippen molar-refractivity contribution in [1.82, 2.24) is 0 Å². The molecule has 0 atom stereocenters. The van der Waals surface area contributed by atoms with Gasteiger partial charge in [0.15, 0.2) is 0 Å². The summed E-state index contributed by atoms with van der Waals surface area (Å²) in [7, 11) is 0. The molecule has 0 aliphatic carbocycles. The van der Waals surface area contributed by atoms with Crippen LogP contribution in [0.4, 0.5) is 5.69 Å². The van der Waals surface area contributed by atoms with Gasteiger partial charge in [0.25, 0.3) is 0 Å². The first-order valence-corrected chi connectivity index (χ1v) is 6.64. The van der Waals surface area contributed by atoms with Gasteiger partial charge in [0, 0.05) is 17.8 Å². The molecule has 94 valence electrons. The van der Waals surface area contributed by atoms with Gasteiger partial charge in [0.1, 0.15) is 4.99 Å². The van der Waals surface area contributed by atoms with Crippen LogP contribution in [0.1, 0.15) is 38.7 Å². The molecule has 0 saturated carbocycles. The number of para-hydroxylation sites is 1. The van der Waals surface area contributed by atoms with E-state index in [1.54, 1.807) is 0 Å². The van der Waals surface area contributed by atoms with E-state index in [4.69, 9.17) is 18.0 Å². The largest absolute Gasteiger partial charge is 0.389 e. The molecule has 0 amide bonds. The number of unbranched alkanes of at least 4 members (excludes halogenated alkanes) is 1. The van der Waals surface area contributed by atoms with Crippen molar-refractivity contribution in [2.75, 3.05) is 11.9 Å². The Kier molecular flexibility index (Phi) is 5.98. The van der Waals surface area contributed by atoms with Crippen molar-refractivity contribution < 1.29 is 0 Å². The predicted octanol–water partition coefficient (Wildman–Crippen LogP) is 3.56. The Labute approximate surface area is 110 Å². The number of hydrogen-bond acceptors (Lipinski definition) is 2. The molecule has 0 aromatic heterocycles. The van der Waals surface area contributed by atoms with E-state index in [-0.39, 0.29) is 0 Å². The molecule has 2 nitrogen and oxygen atoms in total. The molecular weight excluding hydrogens is 228 g/mol. The lowest BCUT2D eigenvalue weighted by Gasteiger charge is -2.11. The van der Waals surface area contributed by atoms with Gasteiger partial charge in [-0.1, -0.05) is 51.0 Å². The number of rotatable bonds is 7. The SMILES string of the molecule is CC(C)CCCCNc1ccccc1C(N)=S. The molecule has 1 aromatic carbocycles. The average molecular weight is 250 g/mol. The molecular formula is C14H22N2S. The molecule has 3 heteroatoms. The van der Waals surface area contributed by atoms with Crippen LogP contribution in [0.15, 0.2) is 24.3 Å². The molecule has 3 N–H and O–H groups in total. The third-order valence-electron chi connectivity index (χ3n) is 2.72. The smallest absolute Gasteiger partial charge is 0.106 e. The molecule has 0 bridgehead atoms. The fraction of sp³-hybridized carbons (Fsp3) is 0.500. The van der Waals surface area contributed by atoms with Gasteiger partial charge in [-0.3, -0.25) is 0 Å². The maximum absolute atomic E-state index is 5.68. The van der Waals surface area contributed by atoms with E-state index < -0.39 is 0 Å². The minimum atomic E-state index is 0.454. The van der Waals surface area contributed by atoms with Crippen molar-refractivity contribution in [2.45, 2.75) is 33.1 Å². The highest BCUT2D eigenvalue weighted by atomic mass is 32.1. The third-order valence-corrected chi connectivity index (χ3v) is 2.94. The zero-order valence-electron chi connectivity index (χ0n) is 10.7. The predicted molar refractivity (Wildman–Crippen MR) is 79.5 cm³/mol. The van der Waals surface area contributed by atoms with Gasteiger partial charge >= 0.3 is 0 Å². The van der Waals surface area contributed by atoms with Gasteiger partial charge in [-0.05, 0) is 24.5 Å². The average Bonchev–Trinajstić information content (AvgIpc) is 2.28. The summed E-state index contributed by atoms with van der Waals surface area (Å²) in [6.45, 7) is 5.50. The summed E-state index contributed by atoms with van der Waals surface area (Å²) in [5.74, 6) is 0.791. The second-order valence-electron chi connectivity index (χ2n) is 4.73. The molecule has 0 radical (unpaired) electrons. The summed E-state index contributed by atoms with van der Waals surface area (Å²) in [6, 6.07) is 7.94. The van der Waals surface area contributed by atoms with E-state index in [1.165, 1.54) is 19.3 Å². The normalized spacial score (nSPS) is 10.5. The molecule has 0 unspecified atom stereocenters. The second kappa shape index (κ2) is 7.28. The van der Waals surface area contributed by atoms with Crippen LogP contribution >= 0.6 is 12.2 Å². The molecule has 0 aliphatic rings. The topological polar surface area (TPSA) is 38.0 Å². The molecule has 0 aliphatic heterocycles. The lowest BCUT2D eigenvalue weighted by molar-refractivity contribution is 0.545. The van der Waals surface area contributed by atoms with Gasteiger partial charge in [-0.2, -0.15) is 0 Å². The number of nitrogens with two attached hydrogens (primary N) is 1. The van der Waals surface area contributed by atoms with Gasteiger partial charge in [0.05, 0.1) is 0 Å². The Morgan fingerprint density at radius 1 is 1.29 bits per heavy atom. The number of anilines is 1. The Morgan fingerprint density at radius 3 is 2.65 bits per heavy atom. The van der Waals surface area contributed by atoms with Crippen molar-refractivity contribution in [3.63, 3.8) is 0 Å². The lowest BCUT2D eigenvalue weighted by atomic mass is 10.1. The van der Waals surface area contributed by atoms with E-state index in [0.29, 0.717) is 4.99 Å². The van der Waals surface area contributed by atoms with E-state index >= 15 is 0 Å². The molecule has 17 heavy (non-hydrogen) atoms. The van der Waals surface area contributed by atoms with Gasteiger partial charge in [-0.15, -0.1) is 0 Å². The summed E-state index contributed by atoms with van der Waals surface area (Å²) in [4.78, 5) is 0.454. The first kappa shape index (κ1) is 14.0. The Bertz CT molecular complexity index is 361. The number of hydrogen-bond donors (Lipinski definition) is 2. The lowest BCUT2D eigenvalue weighted by Crippen LogP contribution is -2.13. The standard InChI is InChI=1S/C14H22N2S/c1-11(2)7-5-6-10-16-13-9-4-3-8-12(13)14(15)17/h3-4,8-9,11,16H,5-7,10H2,1-2H3,(H2,15,17). The van der Waals surface area contributed by atoms with Crippen LogP contribution in [0.2, 0.25) is 0 Å². The van der Waals surface area contributed by atoms with Crippen molar-refractivity contribution >= 4 is 22.9 Å². The van der Waals surface area contributed by atoms with Crippen molar-refractivity contribution in [3.05, 3.63) is 29.8 Å². The highest BCUT2D eigenvalue weighted by molar-refractivity contribution is 7.80. The van der Waals surface area contributed by atoms with Crippen molar-refractivity contribution in [1.29, 1.82) is 0 Å². The Balaban J connectivity index is 2.39. The van der Waals surface area contributed by atoms with Crippen LogP contribution < -0.4 is 11.1 Å². The maximum Gasteiger partial charge on any atom is 0.106 e. The fourth-order valence-corrected chi connectivity index (χ4v) is 1.93. The second-order valence-corrected chi connectivity index (χ2v) is 5.17. The van der Waals surface area contributed by atoms with Crippen molar-refractivity contribution in [2.24, 2.45) is 11.7 Å².